The molecule has 3 rings (SSSR count). The van der Waals surface area contributed by atoms with Crippen molar-refractivity contribution >= 4 is 24.4 Å². The Kier molecular flexibility index (Phi) is 4.62. The molecule has 24 heavy (non-hydrogen) atoms. The van der Waals surface area contributed by atoms with Crippen LogP contribution in [-0.2, 0) is 4.74 Å². The number of nitrogens with zero attached hydrogens (tertiary/aromatic N) is 3. The number of nitrogens with one attached hydrogen (secondary N) is 1. The van der Waals surface area contributed by atoms with Crippen molar-refractivity contribution in [2.24, 2.45) is 5.10 Å². The van der Waals surface area contributed by atoms with Gasteiger partial charge in [-0.2, -0.15) is 14.9 Å². The fourth-order valence-electron chi connectivity index (χ4n) is 2.12. The lowest BCUT2D eigenvalue weighted by Gasteiger charge is -2.01. The topological polar surface area (TPSA) is 72.3 Å². The van der Waals surface area contributed by atoms with Crippen LogP contribution in [0.3, 0.4) is 0 Å². The monoisotopic (exact) mass is 338 g/mol. The third-order valence-corrected chi connectivity index (χ3v) is 3.60. The van der Waals surface area contributed by atoms with Crippen molar-refractivity contribution in [1.29, 1.82) is 0 Å². The molecule has 3 aromatic rings. The van der Waals surface area contributed by atoms with Crippen LogP contribution in [0.1, 0.15) is 15.9 Å². The van der Waals surface area contributed by atoms with Crippen LogP contribution >= 0.6 is 12.2 Å². The van der Waals surface area contributed by atoms with Crippen LogP contribution in [0, 0.1) is 4.77 Å². The molecule has 0 saturated heterocycles. The molecule has 0 amide bonds. The van der Waals surface area contributed by atoms with E-state index in [0.29, 0.717) is 16.2 Å². The zero-order valence-electron chi connectivity index (χ0n) is 12.8. The third-order valence-electron chi connectivity index (χ3n) is 3.34. The number of benzene rings is 2. The molecular formula is C17H14N4O2S. The lowest BCUT2D eigenvalue weighted by atomic mass is 10.1. The van der Waals surface area contributed by atoms with E-state index in [4.69, 9.17) is 12.2 Å². The van der Waals surface area contributed by atoms with Gasteiger partial charge in [0.1, 0.15) is 0 Å². The Bertz CT molecular complexity index is 927. The molecular weight excluding hydrogens is 324 g/mol. The Morgan fingerprint density at radius 3 is 2.58 bits per heavy atom. The van der Waals surface area contributed by atoms with Crippen LogP contribution in [0.2, 0.25) is 0 Å². The summed E-state index contributed by atoms with van der Waals surface area (Å²) >= 11 is 5.23. The predicted molar refractivity (Wildman–Crippen MR) is 93.6 cm³/mol. The first-order chi connectivity index (χ1) is 11.7. The number of ether oxygens (including phenoxy) is 1. The van der Waals surface area contributed by atoms with E-state index in [-0.39, 0.29) is 5.97 Å². The van der Waals surface area contributed by atoms with Gasteiger partial charge in [0.05, 0.1) is 18.9 Å². The first-order valence-corrected chi connectivity index (χ1v) is 7.55. The molecule has 0 saturated carbocycles. The fraction of sp³-hybridized carbons (Fsp3) is 0.0588. The number of hydrogen-bond acceptors (Lipinski definition) is 5. The standard InChI is InChI=1S/C17H14N4O2S/c1-23-16(22)14-9-7-12(8-10-14)11-18-21-15(19-20-17(21)24)13-5-3-2-4-6-13/h2-11H,1H3,(H,20,24). The molecule has 0 aliphatic rings. The average molecular weight is 338 g/mol. The zero-order chi connectivity index (χ0) is 16.9. The number of H-pyrrole nitrogens is 1. The Morgan fingerprint density at radius 1 is 1.21 bits per heavy atom. The highest BCUT2D eigenvalue weighted by molar-refractivity contribution is 7.71. The van der Waals surface area contributed by atoms with E-state index >= 15 is 0 Å². The summed E-state index contributed by atoms with van der Waals surface area (Å²) in [7, 11) is 1.35. The maximum Gasteiger partial charge on any atom is 0.337 e. The minimum absolute atomic E-state index is 0.373. The number of rotatable bonds is 4. The first kappa shape index (κ1) is 15.8. The number of methoxy groups -OCH3 is 1. The van der Waals surface area contributed by atoms with E-state index in [9.17, 15) is 4.79 Å². The van der Waals surface area contributed by atoms with Crippen molar-refractivity contribution in [3.05, 3.63) is 70.5 Å². The summed E-state index contributed by atoms with van der Waals surface area (Å²) in [6.07, 6.45) is 1.65. The van der Waals surface area contributed by atoms with Gasteiger partial charge in [0.2, 0.25) is 4.77 Å². The summed E-state index contributed by atoms with van der Waals surface area (Å²) in [4.78, 5) is 11.4. The highest BCUT2D eigenvalue weighted by Gasteiger charge is 2.07. The molecule has 120 valence electrons. The van der Waals surface area contributed by atoms with E-state index in [2.05, 4.69) is 20.0 Å². The SMILES string of the molecule is COC(=O)c1ccc(C=Nn2c(-c3ccccc3)n[nH]c2=S)cc1. The van der Waals surface area contributed by atoms with Crippen LogP contribution in [0.4, 0.5) is 0 Å². The quantitative estimate of drug-likeness (QED) is 0.450. The van der Waals surface area contributed by atoms with Gasteiger partial charge in [-0.1, -0.05) is 42.5 Å². The zero-order valence-corrected chi connectivity index (χ0v) is 13.7. The number of esters is 1. The van der Waals surface area contributed by atoms with Crippen molar-refractivity contribution in [3.8, 4) is 11.4 Å². The summed E-state index contributed by atoms with van der Waals surface area (Å²) < 4.78 is 6.63. The Labute approximate surface area is 143 Å². The molecule has 1 aromatic heterocycles. The highest BCUT2D eigenvalue weighted by atomic mass is 32.1. The van der Waals surface area contributed by atoms with E-state index < -0.39 is 0 Å². The fourth-order valence-corrected chi connectivity index (χ4v) is 2.30. The second kappa shape index (κ2) is 7.01. The second-order valence-corrected chi connectivity index (χ2v) is 5.28. The lowest BCUT2D eigenvalue weighted by Crippen LogP contribution is -2.01. The van der Waals surface area contributed by atoms with Gasteiger partial charge in [-0.3, -0.25) is 0 Å². The van der Waals surface area contributed by atoms with Gasteiger partial charge < -0.3 is 4.74 Å². The van der Waals surface area contributed by atoms with Crippen LogP contribution in [0.25, 0.3) is 11.4 Å². The molecule has 0 spiro atoms. The minimum Gasteiger partial charge on any atom is -0.465 e. The Balaban J connectivity index is 1.89. The third kappa shape index (κ3) is 3.31. The van der Waals surface area contributed by atoms with Gasteiger partial charge in [0.15, 0.2) is 5.82 Å². The van der Waals surface area contributed by atoms with Gasteiger partial charge in [-0.25, -0.2) is 9.89 Å². The number of carbonyl (C=O) groups is 1. The van der Waals surface area contributed by atoms with Crippen molar-refractivity contribution in [3.63, 3.8) is 0 Å². The molecule has 0 atom stereocenters. The van der Waals surface area contributed by atoms with Crippen molar-refractivity contribution < 1.29 is 9.53 Å². The van der Waals surface area contributed by atoms with Crippen LogP contribution in [0.5, 0.6) is 0 Å². The van der Waals surface area contributed by atoms with Gasteiger partial charge in [0, 0.05) is 5.56 Å². The molecule has 1 heterocycles. The molecule has 0 bridgehead atoms. The highest BCUT2D eigenvalue weighted by Crippen LogP contribution is 2.16. The molecule has 6 nitrogen and oxygen atoms in total. The summed E-state index contributed by atoms with van der Waals surface area (Å²) in [6, 6.07) is 16.6. The van der Waals surface area contributed by atoms with E-state index in [1.54, 1.807) is 35.2 Å². The molecule has 1 N–H and O–H groups in total. The van der Waals surface area contributed by atoms with E-state index in [0.717, 1.165) is 11.1 Å². The number of aromatic nitrogens is 3. The van der Waals surface area contributed by atoms with Crippen LogP contribution in [-0.4, -0.2) is 34.2 Å². The minimum atomic E-state index is -0.373. The summed E-state index contributed by atoms with van der Waals surface area (Å²) in [5, 5.41) is 11.3. The normalized spacial score (nSPS) is 10.9. The molecule has 7 heteroatoms. The van der Waals surface area contributed by atoms with Crippen molar-refractivity contribution in [2.75, 3.05) is 7.11 Å². The van der Waals surface area contributed by atoms with Crippen LogP contribution < -0.4 is 0 Å². The van der Waals surface area contributed by atoms with Crippen molar-refractivity contribution in [2.45, 2.75) is 0 Å². The summed E-state index contributed by atoms with van der Waals surface area (Å²) in [5.74, 6) is 0.255. The largest absolute Gasteiger partial charge is 0.465 e. The molecule has 0 fully saturated rings. The predicted octanol–water partition coefficient (Wildman–Crippen LogP) is 3.28. The molecule has 2 aromatic carbocycles. The smallest absolute Gasteiger partial charge is 0.337 e. The van der Waals surface area contributed by atoms with E-state index in [1.165, 1.54) is 7.11 Å². The molecule has 0 aliphatic carbocycles. The molecule has 0 radical (unpaired) electrons. The van der Waals surface area contributed by atoms with Crippen LogP contribution in [0.15, 0.2) is 59.7 Å². The van der Waals surface area contributed by atoms with Crippen molar-refractivity contribution in [1.82, 2.24) is 14.9 Å². The number of carbonyl (C=O) groups excluding carboxylic acids is 1. The summed E-state index contributed by atoms with van der Waals surface area (Å²) in [6.45, 7) is 0. The van der Waals surface area contributed by atoms with E-state index in [1.807, 2.05) is 30.3 Å². The number of hydrogen-bond donors (Lipinski definition) is 1. The molecule has 0 aliphatic heterocycles. The lowest BCUT2D eigenvalue weighted by molar-refractivity contribution is 0.0600. The molecule has 0 unspecified atom stereocenters. The van der Waals surface area contributed by atoms with Gasteiger partial charge in [0.25, 0.3) is 0 Å². The van der Waals surface area contributed by atoms with Gasteiger partial charge in [-0.15, -0.1) is 0 Å². The first-order valence-electron chi connectivity index (χ1n) is 7.14. The Hall–Kier alpha value is -3.06. The summed E-state index contributed by atoms with van der Waals surface area (Å²) in [5.41, 5.74) is 2.22. The maximum absolute atomic E-state index is 11.4. The van der Waals surface area contributed by atoms with Gasteiger partial charge >= 0.3 is 5.97 Å². The van der Waals surface area contributed by atoms with Gasteiger partial charge in [-0.05, 0) is 29.9 Å². The number of aromatic amines is 1. The second-order valence-electron chi connectivity index (χ2n) is 4.89. The average Bonchev–Trinajstić information content (AvgIpc) is 3.01. The maximum atomic E-state index is 11.4. The Morgan fingerprint density at radius 2 is 1.92 bits per heavy atom.